The third-order valence-electron chi connectivity index (χ3n) is 3.04. The molecule has 0 unspecified atom stereocenters. The van der Waals surface area contributed by atoms with Crippen molar-refractivity contribution < 1.29 is 0 Å². The number of nitrogens with one attached hydrogen (secondary N) is 1. The van der Waals surface area contributed by atoms with Crippen molar-refractivity contribution in [1.82, 2.24) is 4.90 Å². The minimum absolute atomic E-state index is 0.563. The number of hydrogen-bond acceptors (Lipinski definition) is 3. The molecule has 0 atom stereocenters. The van der Waals surface area contributed by atoms with Gasteiger partial charge in [-0.05, 0) is 52.0 Å². The van der Waals surface area contributed by atoms with Crippen molar-refractivity contribution in [3.63, 3.8) is 0 Å². The Morgan fingerprint density at radius 1 is 1.11 bits per heavy atom. The number of nitriles is 1. The first-order chi connectivity index (χ1) is 8.54. The molecule has 0 bridgehead atoms. The highest BCUT2D eigenvalue weighted by molar-refractivity contribution is 5.47. The molecule has 0 aromatic heterocycles. The molecule has 0 aliphatic heterocycles. The lowest BCUT2D eigenvalue weighted by molar-refractivity contribution is 0.182. The average Bonchev–Trinajstić information content (AvgIpc) is 2.34. The topological polar surface area (TPSA) is 39.1 Å². The van der Waals surface area contributed by atoms with Crippen molar-refractivity contribution in [3.05, 3.63) is 29.8 Å². The molecule has 0 aliphatic carbocycles. The second kappa shape index (κ2) is 7.03. The van der Waals surface area contributed by atoms with Crippen LogP contribution in [-0.2, 0) is 0 Å². The molecule has 1 aromatic carbocycles. The predicted octanol–water partition coefficient (Wildman–Crippen LogP) is 3.09. The third-order valence-corrected chi connectivity index (χ3v) is 3.04. The largest absolute Gasteiger partial charge is 0.384 e. The molecule has 0 saturated carbocycles. The first-order valence-electron chi connectivity index (χ1n) is 6.54. The second-order valence-electron chi connectivity index (χ2n) is 5.04. The Bertz CT molecular complexity index is 379. The van der Waals surface area contributed by atoms with E-state index in [1.807, 2.05) is 24.3 Å². The molecule has 3 heteroatoms. The number of benzene rings is 1. The lowest BCUT2D eigenvalue weighted by Crippen LogP contribution is -2.40. The van der Waals surface area contributed by atoms with Crippen LogP contribution in [0.2, 0.25) is 0 Å². The van der Waals surface area contributed by atoms with Crippen LogP contribution in [-0.4, -0.2) is 30.1 Å². The van der Waals surface area contributed by atoms with E-state index < -0.39 is 0 Å². The summed E-state index contributed by atoms with van der Waals surface area (Å²) >= 11 is 0. The number of anilines is 1. The van der Waals surface area contributed by atoms with Crippen LogP contribution in [0.15, 0.2) is 24.3 Å². The Morgan fingerprint density at radius 3 is 2.11 bits per heavy atom. The minimum Gasteiger partial charge on any atom is -0.384 e. The fourth-order valence-corrected chi connectivity index (χ4v) is 2.10. The smallest absolute Gasteiger partial charge is 0.0991 e. The Hall–Kier alpha value is -1.53. The Labute approximate surface area is 110 Å². The van der Waals surface area contributed by atoms with E-state index in [-0.39, 0.29) is 0 Å². The van der Waals surface area contributed by atoms with Crippen molar-refractivity contribution in [3.8, 4) is 6.07 Å². The number of rotatable bonds is 6. The molecule has 0 fully saturated rings. The Morgan fingerprint density at radius 2 is 1.67 bits per heavy atom. The molecular weight excluding hydrogens is 222 g/mol. The van der Waals surface area contributed by atoms with Crippen LogP contribution in [0.1, 0.15) is 33.3 Å². The van der Waals surface area contributed by atoms with Gasteiger partial charge in [0.15, 0.2) is 0 Å². The highest BCUT2D eigenvalue weighted by Gasteiger charge is 2.12. The van der Waals surface area contributed by atoms with Crippen molar-refractivity contribution in [2.45, 2.75) is 39.8 Å². The number of nitrogens with zero attached hydrogens (tertiary/aromatic N) is 2. The highest BCUT2D eigenvalue weighted by Crippen LogP contribution is 2.09. The van der Waals surface area contributed by atoms with Crippen molar-refractivity contribution in [2.75, 3.05) is 18.4 Å². The van der Waals surface area contributed by atoms with Crippen molar-refractivity contribution >= 4 is 5.69 Å². The second-order valence-corrected chi connectivity index (χ2v) is 5.04. The molecule has 98 valence electrons. The summed E-state index contributed by atoms with van der Waals surface area (Å²) in [4.78, 5) is 2.46. The van der Waals surface area contributed by atoms with Crippen LogP contribution < -0.4 is 5.32 Å². The van der Waals surface area contributed by atoms with E-state index in [0.717, 1.165) is 18.8 Å². The van der Waals surface area contributed by atoms with Crippen LogP contribution in [0.25, 0.3) is 0 Å². The SMILES string of the molecule is CC(C)N(CCNc1ccc(C#N)cc1)C(C)C. The van der Waals surface area contributed by atoms with Crippen LogP contribution in [0.3, 0.4) is 0 Å². The molecule has 0 spiro atoms. The zero-order chi connectivity index (χ0) is 13.5. The van der Waals surface area contributed by atoms with E-state index in [0.29, 0.717) is 17.6 Å². The Kier molecular flexibility index (Phi) is 5.67. The summed E-state index contributed by atoms with van der Waals surface area (Å²) in [5, 5.41) is 12.1. The van der Waals surface area contributed by atoms with Gasteiger partial charge in [-0.1, -0.05) is 0 Å². The fraction of sp³-hybridized carbons (Fsp3) is 0.533. The van der Waals surface area contributed by atoms with E-state index in [9.17, 15) is 0 Å². The molecule has 0 radical (unpaired) electrons. The summed E-state index contributed by atoms with van der Waals surface area (Å²) in [6.45, 7) is 10.8. The normalized spacial score (nSPS) is 11.0. The van der Waals surface area contributed by atoms with Gasteiger partial charge in [0.05, 0.1) is 11.6 Å². The predicted molar refractivity (Wildman–Crippen MR) is 76.6 cm³/mol. The van der Waals surface area contributed by atoms with Gasteiger partial charge in [0.25, 0.3) is 0 Å². The maximum Gasteiger partial charge on any atom is 0.0991 e. The highest BCUT2D eigenvalue weighted by atomic mass is 15.2. The van der Waals surface area contributed by atoms with Gasteiger partial charge >= 0.3 is 0 Å². The molecule has 18 heavy (non-hydrogen) atoms. The van der Waals surface area contributed by atoms with Gasteiger partial charge in [0, 0.05) is 30.9 Å². The van der Waals surface area contributed by atoms with Crippen LogP contribution in [0, 0.1) is 11.3 Å². The van der Waals surface area contributed by atoms with E-state index in [4.69, 9.17) is 5.26 Å². The summed E-state index contributed by atoms with van der Waals surface area (Å²) in [5.74, 6) is 0. The van der Waals surface area contributed by atoms with Crippen LogP contribution in [0.5, 0.6) is 0 Å². The van der Waals surface area contributed by atoms with Crippen molar-refractivity contribution in [2.24, 2.45) is 0 Å². The number of hydrogen-bond donors (Lipinski definition) is 1. The van der Waals surface area contributed by atoms with Gasteiger partial charge in [-0.2, -0.15) is 5.26 Å². The van der Waals surface area contributed by atoms with Gasteiger partial charge < -0.3 is 5.32 Å². The molecule has 1 aromatic rings. The molecule has 3 nitrogen and oxygen atoms in total. The van der Waals surface area contributed by atoms with Gasteiger partial charge in [-0.25, -0.2) is 0 Å². The van der Waals surface area contributed by atoms with Gasteiger partial charge in [-0.3, -0.25) is 4.90 Å². The summed E-state index contributed by atoms with van der Waals surface area (Å²) in [5.41, 5.74) is 1.77. The fourth-order valence-electron chi connectivity index (χ4n) is 2.10. The van der Waals surface area contributed by atoms with Crippen LogP contribution >= 0.6 is 0 Å². The zero-order valence-electron chi connectivity index (χ0n) is 11.8. The molecule has 1 N–H and O–H groups in total. The summed E-state index contributed by atoms with van der Waals surface area (Å²) in [6.07, 6.45) is 0. The van der Waals surface area contributed by atoms with Gasteiger partial charge in [0.1, 0.15) is 0 Å². The van der Waals surface area contributed by atoms with E-state index in [2.05, 4.69) is 44.0 Å². The summed E-state index contributed by atoms with van der Waals surface area (Å²) in [6, 6.07) is 10.8. The Balaban J connectivity index is 2.43. The van der Waals surface area contributed by atoms with E-state index >= 15 is 0 Å². The standard InChI is InChI=1S/C15H23N3/c1-12(2)18(13(3)4)10-9-17-15-7-5-14(11-16)6-8-15/h5-8,12-13,17H,9-10H2,1-4H3. The van der Waals surface area contributed by atoms with Gasteiger partial charge in [0.2, 0.25) is 0 Å². The lowest BCUT2D eigenvalue weighted by Gasteiger charge is -2.30. The van der Waals surface area contributed by atoms with Crippen molar-refractivity contribution in [1.29, 1.82) is 5.26 Å². The molecule has 0 aliphatic rings. The molecular formula is C15H23N3. The van der Waals surface area contributed by atoms with E-state index in [1.54, 1.807) is 0 Å². The first-order valence-corrected chi connectivity index (χ1v) is 6.54. The maximum absolute atomic E-state index is 8.72. The quantitative estimate of drug-likeness (QED) is 0.837. The van der Waals surface area contributed by atoms with Gasteiger partial charge in [-0.15, -0.1) is 0 Å². The third kappa shape index (κ3) is 4.38. The average molecular weight is 245 g/mol. The summed E-state index contributed by atoms with van der Waals surface area (Å²) < 4.78 is 0. The first kappa shape index (κ1) is 14.5. The monoisotopic (exact) mass is 245 g/mol. The minimum atomic E-state index is 0.563. The lowest BCUT2D eigenvalue weighted by atomic mass is 10.2. The molecule has 0 amide bonds. The molecule has 1 rings (SSSR count). The van der Waals surface area contributed by atoms with E-state index in [1.165, 1.54) is 0 Å². The maximum atomic E-state index is 8.72. The molecule has 0 saturated heterocycles. The zero-order valence-corrected chi connectivity index (χ0v) is 11.8. The molecule has 0 heterocycles. The van der Waals surface area contributed by atoms with Crippen LogP contribution in [0.4, 0.5) is 5.69 Å². The summed E-state index contributed by atoms with van der Waals surface area (Å²) in [7, 11) is 0.